The van der Waals surface area contributed by atoms with E-state index in [1.807, 2.05) is 36.4 Å². The minimum absolute atomic E-state index is 0.0230. The van der Waals surface area contributed by atoms with Crippen LogP contribution >= 0.6 is 0 Å². The number of carbonyl (C=O) groups excluding carboxylic acids is 1. The Hall–Kier alpha value is -3.07. The smallest absolute Gasteiger partial charge is 0.221 e. The first-order valence-electron chi connectivity index (χ1n) is 11.8. The topological polar surface area (TPSA) is 32.3 Å². The largest absolute Gasteiger partial charge is 0.372 e. The zero-order valence-corrected chi connectivity index (χ0v) is 19.2. The van der Waals surface area contributed by atoms with Crippen molar-refractivity contribution in [2.75, 3.05) is 18.0 Å². The van der Waals surface area contributed by atoms with Crippen LogP contribution in [0.1, 0.15) is 61.8 Å². The normalized spacial score (nSPS) is 15.5. The lowest BCUT2D eigenvalue weighted by Crippen LogP contribution is -2.32. The average Bonchev–Trinajstić information content (AvgIpc) is 2.84. The molecule has 0 bridgehead atoms. The molecule has 3 nitrogen and oxygen atoms in total. The first-order valence-corrected chi connectivity index (χ1v) is 11.8. The van der Waals surface area contributed by atoms with E-state index in [-0.39, 0.29) is 17.9 Å². The van der Waals surface area contributed by atoms with Crippen LogP contribution in [0.3, 0.4) is 0 Å². The molecule has 3 aromatic carbocycles. The van der Waals surface area contributed by atoms with E-state index in [0.717, 1.165) is 24.6 Å². The fourth-order valence-corrected chi connectivity index (χ4v) is 4.61. The molecule has 0 aromatic heterocycles. The van der Waals surface area contributed by atoms with Crippen molar-refractivity contribution < 1.29 is 4.79 Å². The SMILES string of the molecule is CC1CCN(c2ccc(C(C)NC(=O)CC(c3ccccc3)c3ccccc3)cc2)CC1. The molecule has 1 saturated heterocycles. The van der Waals surface area contributed by atoms with Gasteiger partial charge in [-0.2, -0.15) is 0 Å². The fraction of sp³-hybridized carbons (Fsp3) is 0.345. The Morgan fingerprint density at radius 3 is 1.91 bits per heavy atom. The lowest BCUT2D eigenvalue weighted by atomic mass is 9.88. The molecule has 1 atom stereocenters. The number of hydrogen-bond donors (Lipinski definition) is 1. The highest BCUT2D eigenvalue weighted by Gasteiger charge is 2.20. The van der Waals surface area contributed by atoms with Crippen LogP contribution in [-0.2, 0) is 4.79 Å². The highest BCUT2D eigenvalue weighted by molar-refractivity contribution is 5.78. The molecule has 1 unspecified atom stereocenters. The monoisotopic (exact) mass is 426 g/mol. The predicted molar refractivity (Wildman–Crippen MR) is 133 cm³/mol. The van der Waals surface area contributed by atoms with Gasteiger partial charge < -0.3 is 10.2 Å². The molecule has 1 aliphatic heterocycles. The minimum Gasteiger partial charge on any atom is -0.372 e. The van der Waals surface area contributed by atoms with E-state index in [1.54, 1.807) is 0 Å². The third-order valence-corrected chi connectivity index (χ3v) is 6.71. The first-order chi connectivity index (χ1) is 15.6. The summed E-state index contributed by atoms with van der Waals surface area (Å²) in [6.07, 6.45) is 2.96. The van der Waals surface area contributed by atoms with Gasteiger partial charge in [-0.25, -0.2) is 0 Å². The Balaban J connectivity index is 1.40. The summed E-state index contributed by atoms with van der Waals surface area (Å²) < 4.78 is 0. The number of rotatable bonds is 7. The Morgan fingerprint density at radius 2 is 1.38 bits per heavy atom. The summed E-state index contributed by atoms with van der Waals surface area (Å²) in [6.45, 7) is 6.67. The maximum atomic E-state index is 13.0. The fourth-order valence-electron chi connectivity index (χ4n) is 4.61. The number of benzene rings is 3. The number of hydrogen-bond acceptors (Lipinski definition) is 2. The Morgan fingerprint density at radius 1 is 0.844 bits per heavy atom. The Bertz CT molecular complexity index is 937. The minimum atomic E-state index is -0.0230. The molecule has 0 aliphatic carbocycles. The van der Waals surface area contributed by atoms with E-state index in [0.29, 0.717) is 6.42 Å². The van der Waals surface area contributed by atoms with E-state index < -0.39 is 0 Å². The molecule has 1 heterocycles. The molecule has 1 fully saturated rings. The van der Waals surface area contributed by atoms with Crippen LogP contribution in [0.4, 0.5) is 5.69 Å². The van der Waals surface area contributed by atoms with Crippen molar-refractivity contribution in [3.05, 3.63) is 102 Å². The summed E-state index contributed by atoms with van der Waals surface area (Å²) in [6, 6.07) is 29.3. The average molecular weight is 427 g/mol. The van der Waals surface area contributed by atoms with Gasteiger partial charge in [0.1, 0.15) is 0 Å². The third-order valence-electron chi connectivity index (χ3n) is 6.71. The zero-order valence-electron chi connectivity index (χ0n) is 19.2. The maximum absolute atomic E-state index is 13.0. The van der Waals surface area contributed by atoms with Crippen LogP contribution in [0.25, 0.3) is 0 Å². The van der Waals surface area contributed by atoms with Gasteiger partial charge in [0.25, 0.3) is 0 Å². The van der Waals surface area contributed by atoms with Crippen molar-refractivity contribution in [3.63, 3.8) is 0 Å². The Labute approximate surface area is 192 Å². The molecular formula is C29H34N2O. The van der Waals surface area contributed by atoms with Crippen molar-refractivity contribution >= 4 is 11.6 Å². The van der Waals surface area contributed by atoms with Gasteiger partial charge in [0.2, 0.25) is 5.91 Å². The zero-order chi connectivity index (χ0) is 22.3. The molecule has 166 valence electrons. The molecule has 32 heavy (non-hydrogen) atoms. The summed E-state index contributed by atoms with van der Waals surface area (Å²) in [5.41, 5.74) is 4.76. The standard InChI is InChI=1S/C29H34N2O/c1-22-17-19-31(20-18-22)27-15-13-24(14-16-27)23(2)30-29(32)21-28(25-9-5-3-6-10-25)26-11-7-4-8-12-26/h3-16,22-23,28H,17-21H2,1-2H3,(H,30,32). The van der Waals surface area contributed by atoms with Crippen molar-refractivity contribution in [1.29, 1.82) is 0 Å². The summed E-state index contributed by atoms with van der Waals surface area (Å²) >= 11 is 0. The molecule has 0 saturated carbocycles. The van der Waals surface area contributed by atoms with Gasteiger partial charge >= 0.3 is 0 Å². The van der Waals surface area contributed by atoms with Gasteiger partial charge in [-0.1, -0.05) is 79.7 Å². The first kappa shape index (κ1) is 22.1. The van der Waals surface area contributed by atoms with E-state index >= 15 is 0 Å². The number of nitrogens with zero attached hydrogens (tertiary/aromatic N) is 1. The van der Waals surface area contributed by atoms with Gasteiger partial charge in [0.15, 0.2) is 0 Å². The molecule has 3 aromatic rings. The van der Waals surface area contributed by atoms with E-state index in [1.165, 1.54) is 29.7 Å². The number of anilines is 1. The van der Waals surface area contributed by atoms with E-state index in [9.17, 15) is 4.79 Å². The second-order valence-electron chi connectivity index (χ2n) is 9.13. The van der Waals surface area contributed by atoms with Gasteiger partial charge in [-0.3, -0.25) is 4.79 Å². The molecule has 1 N–H and O–H groups in total. The highest BCUT2D eigenvalue weighted by Crippen LogP contribution is 2.29. The number of carbonyl (C=O) groups is 1. The van der Waals surface area contributed by atoms with Crippen LogP contribution in [-0.4, -0.2) is 19.0 Å². The van der Waals surface area contributed by atoms with Gasteiger partial charge in [0, 0.05) is 31.1 Å². The second kappa shape index (κ2) is 10.5. The lowest BCUT2D eigenvalue weighted by Gasteiger charge is -2.32. The van der Waals surface area contributed by atoms with Crippen molar-refractivity contribution in [2.45, 2.75) is 45.1 Å². The van der Waals surface area contributed by atoms with E-state index in [4.69, 9.17) is 0 Å². The van der Waals surface area contributed by atoms with Gasteiger partial charge in [0.05, 0.1) is 6.04 Å². The maximum Gasteiger partial charge on any atom is 0.221 e. The molecule has 4 rings (SSSR count). The van der Waals surface area contributed by atoms with Crippen LogP contribution in [0.5, 0.6) is 0 Å². The predicted octanol–water partition coefficient (Wildman–Crippen LogP) is 6.32. The van der Waals surface area contributed by atoms with Crippen molar-refractivity contribution in [3.8, 4) is 0 Å². The highest BCUT2D eigenvalue weighted by atomic mass is 16.1. The van der Waals surface area contributed by atoms with Gasteiger partial charge in [-0.05, 0) is 54.5 Å². The molecule has 0 radical (unpaired) electrons. The van der Waals surface area contributed by atoms with Crippen LogP contribution in [0.2, 0.25) is 0 Å². The Kier molecular flexibility index (Phi) is 7.26. The third kappa shape index (κ3) is 5.59. The van der Waals surface area contributed by atoms with Crippen LogP contribution < -0.4 is 10.2 Å². The number of amides is 1. The molecule has 3 heteroatoms. The number of nitrogens with one attached hydrogen (secondary N) is 1. The van der Waals surface area contributed by atoms with Gasteiger partial charge in [-0.15, -0.1) is 0 Å². The van der Waals surface area contributed by atoms with Crippen molar-refractivity contribution in [1.82, 2.24) is 5.32 Å². The lowest BCUT2D eigenvalue weighted by molar-refractivity contribution is -0.121. The second-order valence-corrected chi connectivity index (χ2v) is 9.13. The molecular weight excluding hydrogens is 392 g/mol. The van der Waals surface area contributed by atoms with Crippen molar-refractivity contribution in [2.24, 2.45) is 5.92 Å². The quantitative estimate of drug-likeness (QED) is 0.479. The summed E-state index contributed by atoms with van der Waals surface area (Å²) in [4.78, 5) is 15.5. The molecule has 0 spiro atoms. The van der Waals surface area contributed by atoms with Crippen LogP contribution in [0.15, 0.2) is 84.9 Å². The summed E-state index contributed by atoms with van der Waals surface area (Å²) in [5.74, 6) is 0.953. The van der Waals surface area contributed by atoms with Crippen LogP contribution in [0, 0.1) is 5.92 Å². The number of piperidine rings is 1. The molecule has 1 amide bonds. The van der Waals surface area contributed by atoms with E-state index in [2.05, 4.69) is 72.6 Å². The summed E-state index contributed by atoms with van der Waals surface area (Å²) in [7, 11) is 0. The summed E-state index contributed by atoms with van der Waals surface area (Å²) in [5, 5.41) is 3.22. The molecule has 1 aliphatic rings.